The van der Waals surface area contributed by atoms with Gasteiger partial charge < -0.3 is 20.1 Å². The molecule has 0 aromatic carbocycles. The molecule has 2 aliphatic rings. The van der Waals surface area contributed by atoms with Crippen LogP contribution >= 0.6 is 0 Å². The van der Waals surface area contributed by atoms with Crippen LogP contribution < -0.4 is 0 Å². The van der Waals surface area contributed by atoms with Crippen molar-refractivity contribution in [1.82, 2.24) is 0 Å². The quantitative estimate of drug-likeness (QED) is 0.196. The van der Waals surface area contributed by atoms with Gasteiger partial charge in [-0.15, -0.1) is 0 Å². The molecule has 0 saturated heterocycles. The molecule has 0 amide bonds. The number of unbranched alkanes of at least 4 members (excludes halogenated alkanes) is 2. The van der Waals surface area contributed by atoms with Gasteiger partial charge in [0.25, 0.3) is 0 Å². The lowest BCUT2D eigenvalue weighted by atomic mass is 9.72. The molecule has 2 aliphatic carbocycles. The van der Waals surface area contributed by atoms with E-state index in [4.69, 9.17) is 4.74 Å². The Bertz CT molecular complexity index is 512. The third-order valence-electron chi connectivity index (χ3n) is 9.64. The molecule has 2 saturated carbocycles. The first-order valence-electron chi connectivity index (χ1n) is 15.1. The summed E-state index contributed by atoms with van der Waals surface area (Å²) in [6.45, 7) is 8.83. The van der Waals surface area contributed by atoms with Crippen LogP contribution in [0.5, 0.6) is 0 Å². The van der Waals surface area contributed by atoms with E-state index >= 15 is 0 Å². The molecule has 0 aromatic heterocycles. The minimum Gasteiger partial charge on any atom is -0.396 e. The summed E-state index contributed by atoms with van der Waals surface area (Å²) in [6.07, 6.45) is 19.4. The zero-order valence-corrected chi connectivity index (χ0v) is 23.9. The summed E-state index contributed by atoms with van der Waals surface area (Å²) in [5.41, 5.74) is -0.00935. The molecule has 208 valence electrons. The molecule has 6 unspecified atom stereocenters. The van der Waals surface area contributed by atoms with E-state index < -0.39 is 0 Å². The molecule has 2 fully saturated rings. The van der Waals surface area contributed by atoms with Crippen molar-refractivity contribution in [2.24, 2.45) is 29.1 Å². The van der Waals surface area contributed by atoms with Crippen molar-refractivity contribution in [3.05, 3.63) is 0 Å². The largest absolute Gasteiger partial charge is 0.396 e. The van der Waals surface area contributed by atoms with Gasteiger partial charge in [-0.1, -0.05) is 58.8 Å². The first kappa shape index (κ1) is 31.1. The van der Waals surface area contributed by atoms with Crippen molar-refractivity contribution < 1.29 is 20.1 Å². The molecule has 4 heteroatoms. The van der Waals surface area contributed by atoms with Crippen LogP contribution in [0.2, 0.25) is 0 Å². The van der Waals surface area contributed by atoms with Crippen LogP contribution in [-0.2, 0) is 4.74 Å². The van der Waals surface area contributed by atoms with Gasteiger partial charge in [-0.25, -0.2) is 0 Å². The molecule has 4 nitrogen and oxygen atoms in total. The highest BCUT2D eigenvalue weighted by Crippen LogP contribution is 2.39. The molecule has 6 atom stereocenters. The molecule has 0 aromatic rings. The summed E-state index contributed by atoms with van der Waals surface area (Å²) < 4.78 is 5.54. The van der Waals surface area contributed by atoms with Gasteiger partial charge in [-0.3, -0.25) is 0 Å². The number of ether oxygens (including phenoxy) is 1. The Morgan fingerprint density at radius 1 is 0.629 bits per heavy atom. The van der Waals surface area contributed by atoms with Crippen LogP contribution in [-0.4, -0.2) is 46.8 Å². The van der Waals surface area contributed by atoms with E-state index in [-0.39, 0.29) is 29.8 Å². The summed E-state index contributed by atoms with van der Waals surface area (Å²) in [7, 11) is 1.80. The Morgan fingerprint density at radius 2 is 1.03 bits per heavy atom. The van der Waals surface area contributed by atoms with Crippen molar-refractivity contribution in [3.63, 3.8) is 0 Å². The Kier molecular flexibility index (Phi) is 13.6. The predicted octanol–water partition coefficient (Wildman–Crippen LogP) is 7.28. The first-order valence-corrected chi connectivity index (χ1v) is 15.1. The summed E-state index contributed by atoms with van der Waals surface area (Å²) >= 11 is 0. The van der Waals surface area contributed by atoms with Gasteiger partial charge in [-0.2, -0.15) is 0 Å². The van der Waals surface area contributed by atoms with Gasteiger partial charge in [0.1, 0.15) is 0 Å². The summed E-state index contributed by atoms with van der Waals surface area (Å²) in [5.74, 6) is 1.83. The average molecular weight is 497 g/mol. The molecule has 0 spiro atoms. The van der Waals surface area contributed by atoms with Gasteiger partial charge in [0, 0.05) is 13.7 Å². The van der Waals surface area contributed by atoms with Gasteiger partial charge >= 0.3 is 0 Å². The number of methoxy groups -OCH3 is 1. The number of hydrogen-bond acceptors (Lipinski definition) is 4. The smallest absolute Gasteiger partial charge is 0.0622 e. The van der Waals surface area contributed by atoms with E-state index in [2.05, 4.69) is 27.7 Å². The molecule has 0 bridgehead atoms. The van der Waals surface area contributed by atoms with Gasteiger partial charge in [0.05, 0.1) is 17.8 Å². The highest BCUT2D eigenvalue weighted by Gasteiger charge is 2.33. The molecular weight excluding hydrogens is 436 g/mol. The van der Waals surface area contributed by atoms with E-state index in [9.17, 15) is 15.3 Å². The van der Waals surface area contributed by atoms with E-state index in [1.54, 1.807) is 7.11 Å². The van der Waals surface area contributed by atoms with Crippen LogP contribution in [0.3, 0.4) is 0 Å². The maximum Gasteiger partial charge on any atom is 0.0622 e. The molecule has 0 heterocycles. The fraction of sp³-hybridized carbons (Fsp3) is 1.00. The van der Waals surface area contributed by atoms with Gasteiger partial charge in [-0.05, 0) is 107 Å². The monoisotopic (exact) mass is 496 g/mol. The molecular formula is C31H60O4. The lowest BCUT2D eigenvalue weighted by molar-refractivity contribution is -0.00475. The lowest BCUT2D eigenvalue weighted by Gasteiger charge is -2.37. The van der Waals surface area contributed by atoms with Crippen LogP contribution in [0, 0.1) is 29.1 Å². The molecule has 2 rings (SSSR count). The van der Waals surface area contributed by atoms with Crippen molar-refractivity contribution in [2.45, 2.75) is 155 Å². The summed E-state index contributed by atoms with van der Waals surface area (Å²) in [4.78, 5) is 0. The third-order valence-corrected chi connectivity index (χ3v) is 9.64. The molecule has 35 heavy (non-hydrogen) atoms. The fourth-order valence-electron chi connectivity index (χ4n) is 6.79. The van der Waals surface area contributed by atoms with E-state index in [0.717, 1.165) is 57.8 Å². The van der Waals surface area contributed by atoms with Crippen molar-refractivity contribution in [3.8, 4) is 0 Å². The molecule has 0 radical (unpaired) electrons. The Labute approximate surface area is 217 Å². The summed E-state index contributed by atoms with van der Waals surface area (Å²) in [5, 5.41) is 31.6. The highest BCUT2D eigenvalue weighted by atomic mass is 16.5. The Hall–Kier alpha value is -0.160. The van der Waals surface area contributed by atoms with E-state index in [1.807, 2.05) is 0 Å². The fourth-order valence-corrected chi connectivity index (χ4v) is 6.79. The van der Waals surface area contributed by atoms with Gasteiger partial charge in [0.15, 0.2) is 0 Å². The zero-order chi connectivity index (χ0) is 25.9. The number of aliphatic hydroxyl groups is 3. The third kappa shape index (κ3) is 11.0. The predicted molar refractivity (Wildman–Crippen MR) is 146 cm³/mol. The van der Waals surface area contributed by atoms with Crippen molar-refractivity contribution in [2.75, 3.05) is 13.7 Å². The minimum atomic E-state index is -0.144. The standard InChI is InChI=1S/C31H60O4/c1-30(2,23-32)21-8-6-13-24-15-10-17-26(28(24)33)19-12-20-27-18-11-16-25(29(27)34)14-7-9-22-31(3,4)35-5/h24-29,32-34H,6-23H2,1-5H3. The van der Waals surface area contributed by atoms with Crippen molar-refractivity contribution >= 4 is 0 Å². The first-order chi connectivity index (χ1) is 16.6. The van der Waals surface area contributed by atoms with Crippen LogP contribution in [0.25, 0.3) is 0 Å². The maximum absolute atomic E-state index is 11.1. The number of rotatable bonds is 16. The number of hydrogen-bond donors (Lipinski definition) is 3. The second-order valence-corrected chi connectivity index (χ2v) is 13.6. The molecule has 3 N–H and O–H groups in total. The lowest BCUT2D eigenvalue weighted by Crippen LogP contribution is -2.35. The van der Waals surface area contributed by atoms with Crippen LogP contribution in [0.4, 0.5) is 0 Å². The second kappa shape index (κ2) is 15.3. The SMILES string of the molecule is COC(C)(C)CCCCC1CCCC(CCCC2CCCC(CCCCC(C)(C)CO)C2O)C1O. The van der Waals surface area contributed by atoms with Crippen LogP contribution in [0.15, 0.2) is 0 Å². The minimum absolute atomic E-state index is 0.0251. The Morgan fingerprint density at radius 3 is 1.43 bits per heavy atom. The summed E-state index contributed by atoms with van der Waals surface area (Å²) in [6, 6.07) is 0. The number of aliphatic hydroxyl groups excluding tert-OH is 3. The normalized spacial score (nSPS) is 30.5. The topological polar surface area (TPSA) is 69.9 Å². The van der Waals surface area contributed by atoms with Crippen molar-refractivity contribution in [1.29, 1.82) is 0 Å². The average Bonchev–Trinajstić information content (AvgIpc) is 2.83. The van der Waals surface area contributed by atoms with E-state index in [0.29, 0.717) is 23.7 Å². The molecule has 0 aliphatic heterocycles. The zero-order valence-electron chi connectivity index (χ0n) is 23.9. The van der Waals surface area contributed by atoms with Gasteiger partial charge in [0.2, 0.25) is 0 Å². The second-order valence-electron chi connectivity index (χ2n) is 13.6. The Balaban J connectivity index is 1.67. The highest BCUT2D eigenvalue weighted by molar-refractivity contribution is 4.85. The maximum atomic E-state index is 11.1. The van der Waals surface area contributed by atoms with E-state index in [1.165, 1.54) is 51.4 Å². The van der Waals surface area contributed by atoms with Crippen LogP contribution in [0.1, 0.15) is 137 Å².